The van der Waals surface area contributed by atoms with Gasteiger partial charge < -0.3 is 19.2 Å². The highest BCUT2D eigenvalue weighted by Gasteiger charge is 2.30. The average Bonchev–Trinajstić information content (AvgIpc) is 2.69. The first-order valence-electron chi connectivity index (χ1n) is 10.4. The van der Waals surface area contributed by atoms with Crippen LogP contribution in [-0.2, 0) is 22.4 Å². The summed E-state index contributed by atoms with van der Waals surface area (Å²) in [6.45, 7) is 6.60. The summed E-state index contributed by atoms with van der Waals surface area (Å²) in [5.41, 5.74) is 1.79. The van der Waals surface area contributed by atoms with Gasteiger partial charge in [0.25, 0.3) is 0 Å². The number of aliphatic carboxylic acids is 1. The van der Waals surface area contributed by atoms with Crippen molar-refractivity contribution in [1.29, 1.82) is 0 Å². The summed E-state index contributed by atoms with van der Waals surface area (Å²) in [5.74, 6) is -0.937. The van der Waals surface area contributed by atoms with Crippen LogP contribution < -0.4 is 10.4 Å². The Morgan fingerprint density at radius 1 is 1.30 bits per heavy atom. The molecule has 4 rings (SSSR count). The van der Waals surface area contributed by atoms with Gasteiger partial charge in [0.15, 0.2) is 0 Å². The summed E-state index contributed by atoms with van der Waals surface area (Å²) in [6, 6.07) is 3.77. The van der Waals surface area contributed by atoms with Gasteiger partial charge in [-0.05, 0) is 63.6 Å². The quantitative estimate of drug-likeness (QED) is 0.777. The lowest BCUT2D eigenvalue weighted by Gasteiger charge is -2.32. The van der Waals surface area contributed by atoms with E-state index in [0.717, 1.165) is 35.1 Å². The molecule has 1 fully saturated rings. The molecule has 1 aromatic heterocycles. The molecular formula is C23H27NO6. The monoisotopic (exact) mass is 413 g/mol. The summed E-state index contributed by atoms with van der Waals surface area (Å²) in [4.78, 5) is 38.3. The first-order valence-corrected chi connectivity index (χ1v) is 10.4. The second kappa shape index (κ2) is 7.45. The van der Waals surface area contributed by atoms with Crippen molar-refractivity contribution >= 4 is 22.8 Å². The number of rotatable bonds is 3. The number of amides is 1. The average molecular weight is 413 g/mol. The topological polar surface area (TPSA) is 97.1 Å². The number of carboxylic acid groups (broad SMARTS) is 1. The molecule has 2 aliphatic heterocycles. The molecule has 2 aromatic rings. The second-order valence-electron chi connectivity index (χ2n) is 9.00. The third kappa shape index (κ3) is 3.80. The Labute approximate surface area is 174 Å². The van der Waals surface area contributed by atoms with Crippen molar-refractivity contribution in [3.8, 4) is 5.75 Å². The zero-order valence-electron chi connectivity index (χ0n) is 17.6. The van der Waals surface area contributed by atoms with Crippen molar-refractivity contribution in [3.63, 3.8) is 0 Å². The molecule has 1 unspecified atom stereocenters. The molecule has 1 atom stereocenters. The Bertz CT molecular complexity index is 1080. The van der Waals surface area contributed by atoms with Crippen molar-refractivity contribution in [2.24, 2.45) is 5.92 Å². The minimum Gasteiger partial charge on any atom is -0.487 e. The van der Waals surface area contributed by atoms with Crippen LogP contribution in [0.15, 0.2) is 21.3 Å². The zero-order chi connectivity index (χ0) is 21.6. The van der Waals surface area contributed by atoms with E-state index in [4.69, 9.17) is 9.15 Å². The molecule has 0 saturated carbocycles. The third-order valence-corrected chi connectivity index (χ3v) is 6.30. The fourth-order valence-electron chi connectivity index (χ4n) is 4.41. The highest BCUT2D eigenvalue weighted by atomic mass is 16.5. The first kappa shape index (κ1) is 20.4. The molecule has 1 N–H and O–H groups in total. The number of hydrogen-bond acceptors (Lipinski definition) is 5. The Morgan fingerprint density at radius 2 is 2.07 bits per heavy atom. The largest absolute Gasteiger partial charge is 0.487 e. The van der Waals surface area contributed by atoms with E-state index in [2.05, 4.69) is 0 Å². The van der Waals surface area contributed by atoms with Gasteiger partial charge in [0.2, 0.25) is 5.91 Å². The van der Waals surface area contributed by atoms with Crippen molar-refractivity contribution in [2.75, 3.05) is 13.1 Å². The summed E-state index contributed by atoms with van der Waals surface area (Å²) >= 11 is 0. The van der Waals surface area contributed by atoms with Gasteiger partial charge in [-0.25, -0.2) is 4.79 Å². The molecule has 30 heavy (non-hydrogen) atoms. The lowest BCUT2D eigenvalue weighted by molar-refractivity contribution is -0.145. The Hall–Kier alpha value is -2.83. The van der Waals surface area contributed by atoms with Gasteiger partial charge >= 0.3 is 11.6 Å². The second-order valence-corrected chi connectivity index (χ2v) is 9.00. The number of carbonyl (C=O) groups is 2. The lowest BCUT2D eigenvalue weighted by Crippen LogP contribution is -2.43. The predicted octanol–water partition coefficient (Wildman–Crippen LogP) is 3.07. The summed E-state index contributed by atoms with van der Waals surface area (Å²) in [6.07, 6.45) is 2.90. The highest BCUT2D eigenvalue weighted by molar-refractivity contribution is 5.86. The van der Waals surface area contributed by atoms with E-state index in [1.165, 1.54) is 0 Å². The number of hydrogen-bond donors (Lipinski definition) is 1. The van der Waals surface area contributed by atoms with Crippen LogP contribution in [0.25, 0.3) is 11.0 Å². The van der Waals surface area contributed by atoms with Crippen LogP contribution in [0.1, 0.15) is 49.8 Å². The summed E-state index contributed by atoms with van der Waals surface area (Å²) < 4.78 is 11.6. The number of aryl methyl sites for hydroxylation is 2. The van der Waals surface area contributed by atoms with Crippen molar-refractivity contribution in [3.05, 3.63) is 39.2 Å². The predicted molar refractivity (Wildman–Crippen MR) is 111 cm³/mol. The van der Waals surface area contributed by atoms with Gasteiger partial charge in [0, 0.05) is 24.5 Å². The smallest absolute Gasteiger partial charge is 0.340 e. The molecule has 3 heterocycles. The van der Waals surface area contributed by atoms with E-state index in [1.54, 1.807) is 11.0 Å². The fraction of sp³-hybridized carbons (Fsp3) is 0.522. The number of carbonyl (C=O) groups excluding carboxylic acids is 1. The summed E-state index contributed by atoms with van der Waals surface area (Å²) in [7, 11) is 0. The van der Waals surface area contributed by atoms with E-state index in [-0.39, 0.29) is 24.5 Å². The Balaban J connectivity index is 1.64. The van der Waals surface area contributed by atoms with Crippen LogP contribution in [0.2, 0.25) is 0 Å². The van der Waals surface area contributed by atoms with Gasteiger partial charge in [-0.15, -0.1) is 0 Å². The van der Waals surface area contributed by atoms with E-state index in [1.807, 2.05) is 26.8 Å². The molecule has 7 heteroatoms. The SMILES string of the molecule is Cc1c(CC(=O)N2CCCC(C(=O)O)C2)c(=O)oc2cc3c(cc12)CCC(C)(C)O3. The van der Waals surface area contributed by atoms with E-state index in [0.29, 0.717) is 30.5 Å². The number of ether oxygens (including phenoxy) is 1. The van der Waals surface area contributed by atoms with Crippen molar-refractivity contribution in [2.45, 2.75) is 58.5 Å². The molecule has 2 aliphatic rings. The van der Waals surface area contributed by atoms with E-state index < -0.39 is 17.5 Å². The number of carboxylic acids is 1. The van der Waals surface area contributed by atoms with E-state index in [9.17, 15) is 19.5 Å². The zero-order valence-corrected chi connectivity index (χ0v) is 17.6. The molecular weight excluding hydrogens is 386 g/mol. The first-order chi connectivity index (χ1) is 14.1. The molecule has 1 amide bonds. The number of fused-ring (bicyclic) bond motifs is 2. The van der Waals surface area contributed by atoms with Crippen LogP contribution in [0.3, 0.4) is 0 Å². The van der Waals surface area contributed by atoms with Gasteiger partial charge in [0.1, 0.15) is 16.9 Å². The number of benzene rings is 1. The summed E-state index contributed by atoms with van der Waals surface area (Å²) in [5, 5.41) is 10.1. The number of nitrogens with zero attached hydrogens (tertiary/aromatic N) is 1. The normalized spacial score (nSPS) is 20.5. The van der Waals surface area contributed by atoms with Crippen molar-refractivity contribution in [1.82, 2.24) is 4.90 Å². The third-order valence-electron chi connectivity index (χ3n) is 6.30. The molecule has 0 aliphatic carbocycles. The number of piperidine rings is 1. The maximum absolute atomic E-state index is 12.8. The van der Waals surface area contributed by atoms with Gasteiger partial charge in [-0.1, -0.05) is 0 Å². The highest BCUT2D eigenvalue weighted by Crippen LogP contribution is 2.36. The van der Waals surface area contributed by atoms with Gasteiger partial charge in [0.05, 0.1) is 17.9 Å². The molecule has 160 valence electrons. The minimum absolute atomic E-state index is 0.0862. The van der Waals surface area contributed by atoms with Crippen LogP contribution in [0, 0.1) is 12.8 Å². The van der Waals surface area contributed by atoms with Crippen molar-refractivity contribution < 1.29 is 23.8 Å². The van der Waals surface area contributed by atoms with Crippen LogP contribution in [-0.4, -0.2) is 40.6 Å². The molecule has 0 radical (unpaired) electrons. The van der Waals surface area contributed by atoms with Gasteiger partial charge in [-0.2, -0.15) is 0 Å². The lowest BCUT2D eigenvalue weighted by atomic mass is 9.92. The Morgan fingerprint density at radius 3 is 2.80 bits per heavy atom. The molecule has 7 nitrogen and oxygen atoms in total. The van der Waals surface area contributed by atoms with Crippen LogP contribution >= 0.6 is 0 Å². The number of likely N-dealkylation sites (tertiary alicyclic amines) is 1. The molecule has 1 aromatic carbocycles. The fourth-order valence-corrected chi connectivity index (χ4v) is 4.41. The van der Waals surface area contributed by atoms with Gasteiger partial charge in [-0.3, -0.25) is 9.59 Å². The molecule has 0 spiro atoms. The maximum atomic E-state index is 12.8. The Kier molecular flexibility index (Phi) is 5.08. The van der Waals surface area contributed by atoms with Crippen LogP contribution in [0.4, 0.5) is 0 Å². The minimum atomic E-state index is -0.885. The maximum Gasteiger partial charge on any atom is 0.340 e. The molecule has 0 bridgehead atoms. The standard InChI is InChI=1S/C23H27NO6/c1-13-16-9-14-6-7-23(2,3)30-18(14)11-19(16)29-22(28)17(13)10-20(25)24-8-4-5-15(12-24)21(26)27/h9,11,15H,4-8,10,12H2,1-3H3,(H,26,27). The van der Waals surface area contributed by atoms with Crippen LogP contribution in [0.5, 0.6) is 5.75 Å². The molecule has 1 saturated heterocycles. The van der Waals surface area contributed by atoms with E-state index >= 15 is 0 Å².